The summed E-state index contributed by atoms with van der Waals surface area (Å²) in [5.41, 5.74) is 1.53. The summed E-state index contributed by atoms with van der Waals surface area (Å²) in [6, 6.07) is 6.37. The van der Waals surface area contributed by atoms with E-state index in [0.29, 0.717) is 22.4 Å². The van der Waals surface area contributed by atoms with Crippen molar-refractivity contribution in [3.63, 3.8) is 0 Å². The minimum atomic E-state index is -0.993. The number of nitrogens with zero attached hydrogens (tertiary/aromatic N) is 3. The highest BCUT2D eigenvalue weighted by molar-refractivity contribution is 5.98. The van der Waals surface area contributed by atoms with Crippen molar-refractivity contribution in [3.05, 3.63) is 48.0 Å². The summed E-state index contributed by atoms with van der Waals surface area (Å²) in [7, 11) is 0. The van der Waals surface area contributed by atoms with E-state index in [1.54, 1.807) is 37.4 Å². The number of esters is 1. The van der Waals surface area contributed by atoms with Gasteiger partial charge in [0.1, 0.15) is 5.76 Å². The summed E-state index contributed by atoms with van der Waals surface area (Å²) in [6.45, 7) is 3.18. The number of carbonyl (C=O) groups excluding carboxylic acids is 2. The summed E-state index contributed by atoms with van der Waals surface area (Å²) in [6.07, 6.45) is 2.11. The van der Waals surface area contributed by atoms with Gasteiger partial charge in [-0.05, 0) is 32.0 Å². The zero-order chi connectivity index (χ0) is 17.1. The molecule has 0 unspecified atom stereocenters. The number of ether oxygens (including phenoxy) is 1. The Kier molecular flexibility index (Phi) is 4.19. The first-order valence-electron chi connectivity index (χ1n) is 7.19. The van der Waals surface area contributed by atoms with Crippen LogP contribution in [0.15, 0.2) is 41.2 Å². The summed E-state index contributed by atoms with van der Waals surface area (Å²) in [5.74, 6) is -0.299. The van der Waals surface area contributed by atoms with Crippen molar-refractivity contribution in [2.24, 2.45) is 0 Å². The number of aryl methyl sites for hydroxylation is 1. The van der Waals surface area contributed by atoms with E-state index in [1.807, 2.05) is 0 Å². The lowest BCUT2D eigenvalue weighted by molar-refractivity contribution is -0.123. The van der Waals surface area contributed by atoms with Gasteiger partial charge in [-0.15, -0.1) is 0 Å². The number of hydrogen-bond acceptors (Lipinski definition) is 7. The number of hydrogen-bond donors (Lipinski definition) is 1. The quantitative estimate of drug-likeness (QED) is 0.732. The van der Waals surface area contributed by atoms with E-state index >= 15 is 0 Å². The molecule has 2 aromatic heterocycles. The van der Waals surface area contributed by atoms with E-state index in [9.17, 15) is 9.59 Å². The highest BCUT2D eigenvalue weighted by atomic mass is 16.5. The Balaban J connectivity index is 1.67. The van der Waals surface area contributed by atoms with Crippen molar-refractivity contribution in [2.45, 2.75) is 20.0 Å². The molecule has 8 nitrogen and oxygen atoms in total. The largest absolute Gasteiger partial charge is 0.449 e. The Hall–Kier alpha value is -3.29. The second-order valence-corrected chi connectivity index (χ2v) is 5.12. The van der Waals surface area contributed by atoms with Crippen LogP contribution < -0.4 is 5.32 Å². The van der Waals surface area contributed by atoms with Crippen molar-refractivity contribution in [1.29, 1.82) is 0 Å². The fourth-order valence-corrected chi connectivity index (χ4v) is 2.03. The van der Waals surface area contributed by atoms with Gasteiger partial charge in [0, 0.05) is 18.5 Å². The fourth-order valence-electron chi connectivity index (χ4n) is 2.03. The monoisotopic (exact) mass is 326 g/mol. The van der Waals surface area contributed by atoms with Gasteiger partial charge >= 0.3 is 5.97 Å². The number of carbonyl (C=O) groups is 2. The standard InChI is InChI=1S/C16H14N4O4/c1-9-7-14(20-24-9)19-15(21)10(2)23-16(22)11-3-4-12-13(8-11)18-6-5-17-12/h3-8,10H,1-2H3,(H,19,20,21)/t10-/m1/s1. The lowest BCUT2D eigenvalue weighted by Crippen LogP contribution is -2.30. The zero-order valence-electron chi connectivity index (χ0n) is 13.0. The molecule has 0 aliphatic heterocycles. The van der Waals surface area contributed by atoms with Gasteiger partial charge in [-0.3, -0.25) is 14.8 Å². The summed E-state index contributed by atoms with van der Waals surface area (Å²) < 4.78 is 10.0. The van der Waals surface area contributed by atoms with Crippen molar-refractivity contribution in [2.75, 3.05) is 5.32 Å². The third-order valence-corrected chi connectivity index (χ3v) is 3.24. The molecule has 0 aliphatic carbocycles. The molecule has 24 heavy (non-hydrogen) atoms. The molecule has 122 valence electrons. The van der Waals surface area contributed by atoms with Crippen LogP contribution in [0.1, 0.15) is 23.0 Å². The molecule has 2 heterocycles. The van der Waals surface area contributed by atoms with Gasteiger partial charge in [0.2, 0.25) is 0 Å². The van der Waals surface area contributed by atoms with Gasteiger partial charge in [-0.1, -0.05) is 5.16 Å². The molecule has 1 aromatic carbocycles. The molecule has 8 heteroatoms. The molecule has 0 aliphatic rings. The van der Waals surface area contributed by atoms with Crippen LogP contribution in [0.4, 0.5) is 5.82 Å². The average molecular weight is 326 g/mol. The van der Waals surface area contributed by atoms with Crippen molar-refractivity contribution >= 4 is 28.7 Å². The number of fused-ring (bicyclic) bond motifs is 1. The SMILES string of the molecule is Cc1cc(NC(=O)[C@@H](C)OC(=O)c2ccc3nccnc3c2)no1. The summed E-state index contributed by atoms with van der Waals surface area (Å²) >= 11 is 0. The predicted molar refractivity (Wildman–Crippen MR) is 84.3 cm³/mol. The lowest BCUT2D eigenvalue weighted by Gasteiger charge is -2.12. The Bertz CT molecular complexity index is 906. The molecule has 0 saturated carbocycles. The number of amides is 1. The van der Waals surface area contributed by atoms with Crippen molar-refractivity contribution in [1.82, 2.24) is 15.1 Å². The average Bonchev–Trinajstić information content (AvgIpc) is 2.99. The molecule has 0 bridgehead atoms. The number of nitrogens with one attached hydrogen (secondary N) is 1. The van der Waals surface area contributed by atoms with E-state index in [2.05, 4.69) is 20.4 Å². The Labute approximate surface area is 136 Å². The van der Waals surface area contributed by atoms with E-state index in [-0.39, 0.29) is 5.82 Å². The Morgan fingerprint density at radius 2 is 1.92 bits per heavy atom. The summed E-state index contributed by atoms with van der Waals surface area (Å²) in [4.78, 5) is 32.4. The van der Waals surface area contributed by atoms with Crippen LogP contribution in [-0.4, -0.2) is 33.1 Å². The van der Waals surface area contributed by atoms with Gasteiger partial charge in [-0.25, -0.2) is 4.79 Å². The van der Waals surface area contributed by atoms with Crippen molar-refractivity contribution in [3.8, 4) is 0 Å². The molecular weight excluding hydrogens is 312 g/mol. The molecule has 0 fully saturated rings. The second-order valence-electron chi connectivity index (χ2n) is 5.12. The topological polar surface area (TPSA) is 107 Å². The van der Waals surface area contributed by atoms with Crippen LogP contribution in [0, 0.1) is 6.92 Å². The van der Waals surface area contributed by atoms with E-state index in [4.69, 9.17) is 9.26 Å². The first kappa shape index (κ1) is 15.6. The molecule has 1 amide bonds. The van der Waals surface area contributed by atoms with Gasteiger partial charge in [0.05, 0.1) is 16.6 Å². The van der Waals surface area contributed by atoms with E-state index < -0.39 is 18.0 Å². The van der Waals surface area contributed by atoms with Gasteiger partial charge in [0.25, 0.3) is 5.91 Å². The van der Waals surface area contributed by atoms with Crippen molar-refractivity contribution < 1.29 is 18.8 Å². The molecule has 0 spiro atoms. The molecule has 0 radical (unpaired) electrons. The molecule has 3 rings (SSSR count). The molecular formula is C16H14N4O4. The minimum absolute atomic E-state index is 0.265. The third-order valence-electron chi connectivity index (χ3n) is 3.24. The fraction of sp³-hybridized carbons (Fsp3) is 0.188. The minimum Gasteiger partial charge on any atom is -0.449 e. The first-order chi connectivity index (χ1) is 11.5. The number of rotatable bonds is 4. The zero-order valence-corrected chi connectivity index (χ0v) is 13.0. The number of aromatic nitrogens is 3. The lowest BCUT2D eigenvalue weighted by atomic mass is 10.2. The molecule has 1 atom stereocenters. The normalized spacial score (nSPS) is 11.9. The van der Waals surface area contributed by atoms with Crippen LogP contribution in [-0.2, 0) is 9.53 Å². The van der Waals surface area contributed by atoms with Gasteiger partial charge < -0.3 is 14.6 Å². The van der Waals surface area contributed by atoms with E-state index in [0.717, 1.165) is 0 Å². The van der Waals surface area contributed by atoms with Crippen LogP contribution >= 0.6 is 0 Å². The predicted octanol–water partition coefficient (Wildman–Crippen LogP) is 2.11. The molecule has 3 aromatic rings. The van der Waals surface area contributed by atoms with Crippen LogP contribution in [0.5, 0.6) is 0 Å². The van der Waals surface area contributed by atoms with Crippen LogP contribution in [0.2, 0.25) is 0 Å². The number of anilines is 1. The maximum Gasteiger partial charge on any atom is 0.338 e. The first-order valence-corrected chi connectivity index (χ1v) is 7.19. The third kappa shape index (κ3) is 3.37. The Morgan fingerprint density at radius 1 is 1.17 bits per heavy atom. The van der Waals surface area contributed by atoms with E-state index in [1.165, 1.54) is 13.1 Å². The van der Waals surface area contributed by atoms with Gasteiger partial charge in [-0.2, -0.15) is 0 Å². The van der Waals surface area contributed by atoms with Gasteiger partial charge in [0.15, 0.2) is 11.9 Å². The molecule has 1 N–H and O–H groups in total. The highest BCUT2D eigenvalue weighted by Gasteiger charge is 2.20. The van der Waals surface area contributed by atoms with Crippen LogP contribution in [0.3, 0.4) is 0 Å². The van der Waals surface area contributed by atoms with Crippen LogP contribution in [0.25, 0.3) is 11.0 Å². The maximum atomic E-state index is 12.2. The highest BCUT2D eigenvalue weighted by Crippen LogP contribution is 2.13. The molecule has 0 saturated heterocycles. The number of benzene rings is 1. The second kappa shape index (κ2) is 6.45. The smallest absolute Gasteiger partial charge is 0.338 e. The summed E-state index contributed by atoms with van der Waals surface area (Å²) in [5, 5.41) is 6.15. The maximum absolute atomic E-state index is 12.2. The Morgan fingerprint density at radius 3 is 2.62 bits per heavy atom.